The van der Waals surface area contributed by atoms with Crippen molar-refractivity contribution in [3.05, 3.63) is 41.8 Å². The van der Waals surface area contributed by atoms with Gasteiger partial charge in [0.05, 0.1) is 0 Å². The molecule has 0 radical (unpaired) electrons. The van der Waals surface area contributed by atoms with Crippen molar-refractivity contribution in [1.29, 1.82) is 0 Å². The van der Waals surface area contributed by atoms with E-state index in [9.17, 15) is 9.18 Å². The number of benzene rings is 1. The molecule has 1 aromatic heterocycles. The van der Waals surface area contributed by atoms with Crippen LogP contribution in [0.5, 0.6) is 5.75 Å². The fourth-order valence-electron chi connectivity index (χ4n) is 2.95. The first kappa shape index (κ1) is 17.4. The number of halogens is 1. The number of para-hydroxylation sites is 1. The molecule has 6 nitrogen and oxygen atoms in total. The number of hydrogen-bond acceptors (Lipinski definition) is 5. The van der Waals surface area contributed by atoms with E-state index in [1.807, 2.05) is 18.7 Å². The van der Waals surface area contributed by atoms with Crippen LogP contribution in [0, 0.1) is 11.7 Å². The lowest BCUT2D eigenvalue weighted by Crippen LogP contribution is -2.41. The first-order valence-electron chi connectivity index (χ1n) is 8.53. The van der Waals surface area contributed by atoms with Crippen LogP contribution < -0.4 is 4.74 Å². The molecule has 3 rings (SSSR count). The first-order chi connectivity index (χ1) is 12.0. The van der Waals surface area contributed by atoms with Crippen LogP contribution >= 0.6 is 0 Å². The molecule has 0 spiro atoms. The highest BCUT2D eigenvalue weighted by molar-refractivity contribution is 5.78. The summed E-state index contributed by atoms with van der Waals surface area (Å²) in [7, 11) is 0. The summed E-state index contributed by atoms with van der Waals surface area (Å²) in [4.78, 5) is 18.4. The molecule has 2 heterocycles. The molecule has 1 saturated heterocycles. The predicted molar refractivity (Wildman–Crippen MR) is 88.4 cm³/mol. The Labute approximate surface area is 146 Å². The Balaban J connectivity index is 1.61. The third-order valence-electron chi connectivity index (χ3n) is 4.26. The summed E-state index contributed by atoms with van der Waals surface area (Å²) < 4.78 is 24.1. The van der Waals surface area contributed by atoms with Crippen molar-refractivity contribution in [3.63, 3.8) is 0 Å². The van der Waals surface area contributed by atoms with Crippen LogP contribution in [0.4, 0.5) is 4.39 Å². The second-order valence-corrected chi connectivity index (χ2v) is 6.54. The van der Waals surface area contributed by atoms with E-state index in [2.05, 4.69) is 10.1 Å². The van der Waals surface area contributed by atoms with Crippen molar-refractivity contribution in [2.45, 2.75) is 39.2 Å². The number of aromatic nitrogens is 2. The average molecular weight is 347 g/mol. The molecule has 25 heavy (non-hydrogen) atoms. The van der Waals surface area contributed by atoms with E-state index in [0.717, 1.165) is 19.4 Å². The fraction of sp³-hybridized carbons (Fsp3) is 0.500. The number of hydrogen-bond donors (Lipinski definition) is 0. The van der Waals surface area contributed by atoms with Gasteiger partial charge in [0.25, 0.3) is 5.89 Å². The normalized spacial score (nSPS) is 17.8. The van der Waals surface area contributed by atoms with Gasteiger partial charge in [0.15, 0.2) is 24.0 Å². The molecule has 1 fully saturated rings. The smallest absolute Gasteiger partial charge is 0.264 e. The molecule has 0 bridgehead atoms. The molecular weight excluding hydrogens is 325 g/mol. The molecular formula is C18H22FN3O3. The lowest BCUT2D eigenvalue weighted by molar-refractivity contribution is -0.135. The minimum absolute atomic E-state index is 0.00922. The summed E-state index contributed by atoms with van der Waals surface area (Å²) in [5.74, 6) is 0.775. The largest absolute Gasteiger partial charge is 0.481 e. The van der Waals surface area contributed by atoms with E-state index in [1.54, 1.807) is 18.2 Å². The van der Waals surface area contributed by atoms with Crippen LogP contribution in [0.3, 0.4) is 0 Å². The van der Waals surface area contributed by atoms with Gasteiger partial charge in [0.2, 0.25) is 5.91 Å². The highest BCUT2D eigenvalue weighted by atomic mass is 19.1. The average Bonchev–Trinajstić information content (AvgIpc) is 3.09. The van der Waals surface area contributed by atoms with Crippen LogP contribution in [-0.2, 0) is 11.4 Å². The van der Waals surface area contributed by atoms with Crippen LogP contribution in [0.1, 0.15) is 44.3 Å². The third kappa shape index (κ3) is 4.15. The number of likely N-dealkylation sites (tertiary alicyclic amines) is 1. The number of amides is 1. The maximum Gasteiger partial charge on any atom is 0.264 e. The number of carbonyl (C=O) groups is 1. The number of nitrogens with zero attached hydrogens (tertiary/aromatic N) is 3. The van der Waals surface area contributed by atoms with Crippen LogP contribution in [0.15, 0.2) is 28.8 Å². The molecule has 1 aromatic carbocycles. The second-order valence-electron chi connectivity index (χ2n) is 6.54. The predicted octanol–water partition coefficient (Wildman–Crippen LogP) is 3.15. The van der Waals surface area contributed by atoms with E-state index in [4.69, 9.17) is 9.26 Å². The summed E-state index contributed by atoms with van der Waals surface area (Å²) in [6.45, 7) is 5.19. The van der Waals surface area contributed by atoms with Gasteiger partial charge in [-0.3, -0.25) is 4.79 Å². The van der Waals surface area contributed by atoms with Gasteiger partial charge < -0.3 is 14.2 Å². The van der Waals surface area contributed by atoms with Gasteiger partial charge in [-0.05, 0) is 25.0 Å². The molecule has 0 N–H and O–H groups in total. The molecule has 1 atom stereocenters. The van der Waals surface area contributed by atoms with E-state index >= 15 is 0 Å². The van der Waals surface area contributed by atoms with Crippen LogP contribution in [-0.4, -0.2) is 34.0 Å². The Bertz CT molecular complexity index is 732. The number of carbonyl (C=O) groups excluding carboxylic acids is 1. The zero-order valence-corrected chi connectivity index (χ0v) is 14.4. The first-order valence-corrected chi connectivity index (χ1v) is 8.53. The lowest BCUT2D eigenvalue weighted by Gasteiger charge is -2.32. The second kappa shape index (κ2) is 7.63. The van der Waals surface area contributed by atoms with Crippen LogP contribution in [0.2, 0.25) is 0 Å². The molecule has 0 aliphatic carbocycles. The van der Waals surface area contributed by atoms with Gasteiger partial charge >= 0.3 is 0 Å². The van der Waals surface area contributed by atoms with Crippen molar-refractivity contribution in [3.8, 4) is 5.75 Å². The van der Waals surface area contributed by atoms with Crippen molar-refractivity contribution in [1.82, 2.24) is 15.0 Å². The van der Waals surface area contributed by atoms with E-state index in [0.29, 0.717) is 18.3 Å². The maximum atomic E-state index is 13.5. The molecule has 1 aliphatic heterocycles. The minimum Gasteiger partial charge on any atom is -0.481 e. The Morgan fingerprint density at radius 1 is 1.44 bits per heavy atom. The van der Waals surface area contributed by atoms with E-state index in [1.165, 1.54) is 6.07 Å². The summed E-state index contributed by atoms with van der Waals surface area (Å²) in [5, 5.41) is 4.02. The van der Waals surface area contributed by atoms with E-state index < -0.39 is 5.82 Å². The lowest BCUT2D eigenvalue weighted by atomic mass is 9.96. The molecule has 7 heteroatoms. The quantitative estimate of drug-likeness (QED) is 0.831. The summed E-state index contributed by atoms with van der Waals surface area (Å²) in [5.41, 5.74) is 0. The van der Waals surface area contributed by atoms with Crippen molar-refractivity contribution in [2.75, 3.05) is 13.1 Å². The molecule has 1 aliphatic rings. The van der Waals surface area contributed by atoms with E-state index in [-0.39, 0.29) is 30.1 Å². The Kier molecular flexibility index (Phi) is 5.31. The molecule has 134 valence electrons. The highest BCUT2D eigenvalue weighted by Gasteiger charge is 2.29. The zero-order valence-electron chi connectivity index (χ0n) is 14.4. The Morgan fingerprint density at radius 3 is 3.00 bits per heavy atom. The minimum atomic E-state index is -0.433. The SMILES string of the molecule is CC(C)C(=O)N1CCCC(c2noc(COc3ccccc3F)n2)C1. The van der Waals surface area contributed by atoms with Gasteiger partial charge in [-0.1, -0.05) is 31.1 Å². The molecule has 0 saturated carbocycles. The Hall–Kier alpha value is -2.44. The fourth-order valence-corrected chi connectivity index (χ4v) is 2.95. The number of ether oxygens (including phenoxy) is 1. The van der Waals surface area contributed by atoms with Gasteiger partial charge in [-0.15, -0.1) is 0 Å². The van der Waals surface area contributed by atoms with Gasteiger partial charge in [-0.25, -0.2) is 4.39 Å². The zero-order chi connectivity index (χ0) is 17.8. The van der Waals surface area contributed by atoms with Crippen molar-refractivity contribution >= 4 is 5.91 Å². The molecule has 1 unspecified atom stereocenters. The number of rotatable bonds is 5. The highest BCUT2D eigenvalue weighted by Crippen LogP contribution is 2.26. The monoisotopic (exact) mass is 347 g/mol. The Morgan fingerprint density at radius 2 is 2.24 bits per heavy atom. The third-order valence-corrected chi connectivity index (χ3v) is 4.26. The number of piperidine rings is 1. The molecule has 2 aromatic rings. The topological polar surface area (TPSA) is 68.5 Å². The van der Waals surface area contributed by atoms with Crippen LogP contribution in [0.25, 0.3) is 0 Å². The summed E-state index contributed by atoms with van der Waals surface area (Å²) in [6, 6.07) is 6.17. The molecule has 1 amide bonds. The summed E-state index contributed by atoms with van der Waals surface area (Å²) >= 11 is 0. The summed E-state index contributed by atoms with van der Waals surface area (Å²) in [6.07, 6.45) is 1.83. The van der Waals surface area contributed by atoms with Crippen molar-refractivity contribution in [2.24, 2.45) is 5.92 Å². The maximum absolute atomic E-state index is 13.5. The van der Waals surface area contributed by atoms with Gasteiger partial charge in [0.1, 0.15) is 0 Å². The van der Waals surface area contributed by atoms with Gasteiger partial charge in [0, 0.05) is 24.9 Å². The van der Waals surface area contributed by atoms with Gasteiger partial charge in [-0.2, -0.15) is 4.98 Å². The van der Waals surface area contributed by atoms with Crippen molar-refractivity contribution < 1.29 is 18.4 Å². The standard InChI is InChI=1S/C18H22FN3O3/c1-12(2)18(23)22-9-5-6-13(10-22)17-20-16(25-21-17)11-24-15-8-4-3-7-14(15)19/h3-4,7-8,12-13H,5-6,9-11H2,1-2H3.